The molecule has 0 aromatic heterocycles. The SMILES string of the molecule is COC(=O)Cc1ccc(F)c(F)c1C#N. The van der Waals surface area contributed by atoms with Gasteiger partial charge in [-0.15, -0.1) is 0 Å². The Morgan fingerprint density at radius 2 is 2.20 bits per heavy atom. The second-order valence-electron chi connectivity index (χ2n) is 2.76. The highest BCUT2D eigenvalue weighted by atomic mass is 19.2. The maximum absolute atomic E-state index is 13.1. The third-order valence-electron chi connectivity index (χ3n) is 1.86. The van der Waals surface area contributed by atoms with Gasteiger partial charge in [0.2, 0.25) is 0 Å². The van der Waals surface area contributed by atoms with E-state index in [9.17, 15) is 13.6 Å². The zero-order valence-electron chi connectivity index (χ0n) is 7.88. The molecule has 15 heavy (non-hydrogen) atoms. The van der Waals surface area contributed by atoms with Crippen LogP contribution in [0.3, 0.4) is 0 Å². The van der Waals surface area contributed by atoms with E-state index < -0.39 is 23.2 Å². The first kappa shape index (κ1) is 11.1. The number of hydrogen-bond acceptors (Lipinski definition) is 3. The Morgan fingerprint density at radius 1 is 1.53 bits per heavy atom. The van der Waals surface area contributed by atoms with E-state index in [-0.39, 0.29) is 12.0 Å². The number of ether oxygens (including phenoxy) is 1. The summed E-state index contributed by atoms with van der Waals surface area (Å²) in [6.45, 7) is 0. The molecule has 0 bridgehead atoms. The largest absolute Gasteiger partial charge is 0.469 e. The lowest BCUT2D eigenvalue weighted by molar-refractivity contribution is -0.139. The van der Waals surface area contributed by atoms with Crippen LogP contribution in [-0.2, 0) is 16.0 Å². The van der Waals surface area contributed by atoms with E-state index >= 15 is 0 Å². The quantitative estimate of drug-likeness (QED) is 0.697. The monoisotopic (exact) mass is 211 g/mol. The Bertz CT molecular complexity index is 438. The number of carbonyl (C=O) groups is 1. The normalized spacial score (nSPS) is 9.47. The van der Waals surface area contributed by atoms with E-state index in [4.69, 9.17) is 5.26 Å². The predicted octanol–water partition coefficient (Wildman–Crippen LogP) is 1.55. The zero-order chi connectivity index (χ0) is 11.4. The Morgan fingerprint density at radius 3 is 2.73 bits per heavy atom. The number of rotatable bonds is 2. The molecule has 1 aromatic rings. The maximum Gasteiger partial charge on any atom is 0.310 e. The number of esters is 1. The van der Waals surface area contributed by atoms with E-state index in [1.54, 1.807) is 0 Å². The summed E-state index contributed by atoms with van der Waals surface area (Å²) in [6, 6.07) is 3.57. The summed E-state index contributed by atoms with van der Waals surface area (Å²) in [6.07, 6.45) is -0.253. The van der Waals surface area contributed by atoms with E-state index in [0.29, 0.717) is 0 Å². The zero-order valence-corrected chi connectivity index (χ0v) is 7.88. The number of carbonyl (C=O) groups excluding carboxylic acids is 1. The minimum Gasteiger partial charge on any atom is -0.469 e. The fourth-order valence-electron chi connectivity index (χ4n) is 1.09. The van der Waals surface area contributed by atoms with Crippen LogP contribution >= 0.6 is 0 Å². The Kier molecular flexibility index (Phi) is 3.34. The fourth-order valence-corrected chi connectivity index (χ4v) is 1.09. The lowest BCUT2D eigenvalue weighted by Gasteiger charge is -2.03. The third-order valence-corrected chi connectivity index (χ3v) is 1.86. The molecular formula is C10H7F2NO2. The second kappa shape index (κ2) is 4.51. The molecule has 1 aromatic carbocycles. The van der Waals surface area contributed by atoms with Crippen LogP contribution < -0.4 is 0 Å². The molecule has 3 nitrogen and oxygen atoms in total. The average Bonchev–Trinajstić information content (AvgIpc) is 2.24. The number of methoxy groups -OCH3 is 1. The first-order valence-corrected chi connectivity index (χ1v) is 4.04. The first-order chi connectivity index (χ1) is 7.10. The predicted molar refractivity (Wildman–Crippen MR) is 46.8 cm³/mol. The molecule has 0 aliphatic carbocycles. The maximum atomic E-state index is 13.1. The smallest absolute Gasteiger partial charge is 0.310 e. The van der Waals surface area contributed by atoms with Crippen LogP contribution in [0, 0.1) is 23.0 Å². The van der Waals surface area contributed by atoms with Crippen molar-refractivity contribution >= 4 is 5.97 Å². The summed E-state index contributed by atoms with van der Waals surface area (Å²) in [4.78, 5) is 10.9. The molecule has 0 aliphatic rings. The number of nitrogens with zero attached hydrogens (tertiary/aromatic N) is 1. The molecule has 0 atom stereocenters. The van der Waals surface area contributed by atoms with E-state index in [1.165, 1.54) is 19.2 Å². The number of benzene rings is 1. The van der Waals surface area contributed by atoms with Crippen molar-refractivity contribution in [2.75, 3.05) is 7.11 Å². The van der Waals surface area contributed by atoms with Crippen molar-refractivity contribution in [3.63, 3.8) is 0 Å². The molecule has 0 amide bonds. The van der Waals surface area contributed by atoms with Crippen molar-refractivity contribution in [3.8, 4) is 6.07 Å². The van der Waals surface area contributed by atoms with Crippen molar-refractivity contribution in [1.29, 1.82) is 5.26 Å². The van der Waals surface area contributed by atoms with E-state index in [1.807, 2.05) is 0 Å². The van der Waals surface area contributed by atoms with E-state index in [0.717, 1.165) is 6.07 Å². The molecule has 0 unspecified atom stereocenters. The van der Waals surface area contributed by atoms with Gasteiger partial charge < -0.3 is 4.74 Å². The minimum atomic E-state index is -1.24. The third kappa shape index (κ3) is 2.29. The highest BCUT2D eigenvalue weighted by molar-refractivity contribution is 5.73. The number of hydrogen-bond donors (Lipinski definition) is 0. The van der Waals surface area contributed by atoms with Gasteiger partial charge in [0.15, 0.2) is 11.6 Å². The van der Waals surface area contributed by atoms with Gasteiger partial charge >= 0.3 is 5.97 Å². The Balaban J connectivity index is 3.15. The summed E-state index contributed by atoms with van der Waals surface area (Å²) < 4.78 is 30.1. The highest BCUT2D eigenvalue weighted by Crippen LogP contribution is 2.16. The van der Waals surface area contributed by atoms with Gasteiger partial charge in [-0.3, -0.25) is 4.79 Å². The molecule has 0 saturated carbocycles. The Hall–Kier alpha value is -1.96. The molecule has 0 aliphatic heterocycles. The van der Waals surface area contributed by atoms with Crippen LogP contribution in [-0.4, -0.2) is 13.1 Å². The number of nitriles is 1. The van der Waals surface area contributed by atoms with Crippen LogP contribution in [0.15, 0.2) is 12.1 Å². The van der Waals surface area contributed by atoms with Crippen LogP contribution in [0.4, 0.5) is 8.78 Å². The van der Waals surface area contributed by atoms with Crippen molar-refractivity contribution < 1.29 is 18.3 Å². The molecule has 0 heterocycles. The van der Waals surface area contributed by atoms with Gasteiger partial charge in [0, 0.05) is 0 Å². The van der Waals surface area contributed by atoms with Gasteiger partial charge in [-0.2, -0.15) is 5.26 Å². The molecule has 1 rings (SSSR count). The molecule has 0 radical (unpaired) electrons. The summed E-state index contributed by atoms with van der Waals surface area (Å²) in [7, 11) is 1.17. The van der Waals surface area contributed by atoms with Crippen LogP contribution in [0.25, 0.3) is 0 Å². The van der Waals surface area contributed by atoms with Crippen LogP contribution in [0.5, 0.6) is 0 Å². The van der Waals surface area contributed by atoms with E-state index in [2.05, 4.69) is 4.74 Å². The average molecular weight is 211 g/mol. The summed E-state index contributed by atoms with van der Waals surface area (Å²) in [5.74, 6) is -2.96. The van der Waals surface area contributed by atoms with Crippen molar-refractivity contribution in [1.82, 2.24) is 0 Å². The molecule has 0 N–H and O–H groups in total. The first-order valence-electron chi connectivity index (χ1n) is 4.04. The van der Waals surface area contributed by atoms with Gasteiger partial charge in [0.1, 0.15) is 6.07 Å². The summed E-state index contributed by atoms with van der Waals surface area (Å²) in [5.41, 5.74) is -0.344. The van der Waals surface area contributed by atoms with Gasteiger partial charge in [0.25, 0.3) is 0 Å². The number of halogens is 2. The van der Waals surface area contributed by atoms with Crippen molar-refractivity contribution in [2.24, 2.45) is 0 Å². The molecule has 78 valence electrons. The topological polar surface area (TPSA) is 50.1 Å². The molecular weight excluding hydrogens is 204 g/mol. The van der Waals surface area contributed by atoms with Crippen molar-refractivity contribution in [2.45, 2.75) is 6.42 Å². The minimum absolute atomic E-state index is 0.114. The molecule has 0 spiro atoms. The lowest BCUT2D eigenvalue weighted by Crippen LogP contribution is -2.07. The summed E-state index contributed by atoms with van der Waals surface area (Å²) in [5, 5.41) is 8.60. The molecule has 0 saturated heterocycles. The Labute approximate surface area is 84.9 Å². The van der Waals surface area contributed by atoms with Gasteiger partial charge in [-0.1, -0.05) is 6.07 Å². The molecule has 0 fully saturated rings. The standard InChI is InChI=1S/C10H7F2NO2/c1-15-9(14)4-6-2-3-8(11)10(12)7(6)5-13/h2-3H,4H2,1H3. The fraction of sp³-hybridized carbons (Fsp3) is 0.200. The second-order valence-corrected chi connectivity index (χ2v) is 2.76. The lowest BCUT2D eigenvalue weighted by atomic mass is 10.0. The van der Waals surface area contributed by atoms with Crippen LogP contribution in [0.2, 0.25) is 0 Å². The molecule has 5 heteroatoms. The van der Waals surface area contributed by atoms with Crippen LogP contribution in [0.1, 0.15) is 11.1 Å². The van der Waals surface area contributed by atoms with Gasteiger partial charge in [0.05, 0.1) is 19.1 Å². The highest BCUT2D eigenvalue weighted by Gasteiger charge is 2.15. The van der Waals surface area contributed by atoms with Crippen molar-refractivity contribution in [3.05, 3.63) is 34.9 Å². The van der Waals surface area contributed by atoms with Gasteiger partial charge in [-0.05, 0) is 11.6 Å². The van der Waals surface area contributed by atoms with Gasteiger partial charge in [-0.25, -0.2) is 8.78 Å². The summed E-state index contributed by atoms with van der Waals surface area (Å²) >= 11 is 0.